The number of hydrogen-bond acceptors (Lipinski definition) is 12. The van der Waals surface area contributed by atoms with Crippen molar-refractivity contribution in [2.24, 2.45) is 22.7 Å². The zero-order valence-electron chi connectivity index (χ0n) is 25.9. The van der Waals surface area contributed by atoms with E-state index < -0.39 is 29.5 Å². The number of esters is 2. The van der Waals surface area contributed by atoms with Crippen molar-refractivity contribution < 1.29 is 34.0 Å². The third-order valence-corrected chi connectivity index (χ3v) is 10.7. The number of allylic oxidation sites excluding steroid dienone is 1. The van der Waals surface area contributed by atoms with E-state index in [1.54, 1.807) is 19.2 Å². The standard InChI is InChI=1S/C33H41N5O7/c1-4-43-29(42)27(19-15-36-30(34)37-16-19)22-13-20(28(41)45-22)21(38-26-7-5-6-12-35-26)14-24-31(2)10-9-25(40)32(3,17-39)23(31)8-11-33(24)18-44-33/h5-7,12-13,15-16,21,23-25,39-40H,4,8-11,14,17-18H2,1-3H3,(H,35,38)(H2,34,36,37)/t21?,23?,24?,25-,31+,32+,33?/m1/s1. The van der Waals surface area contributed by atoms with Crippen LogP contribution in [0.15, 0.2) is 54.2 Å². The van der Waals surface area contributed by atoms with Gasteiger partial charge in [-0.3, -0.25) is 0 Å². The van der Waals surface area contributed by atoms with Crippen LogP contribution in [-0.4, -0.2) is 74.7 Å². The first-order valence-electron chi connectivity index (χ1n) is 15.6. The maximum atomic E-state index is 13.7. The normalized spacial score (nSPS) is 33.9. The number of nitrogen functional groups attached to an aromatic ring is 1. The molecule has 12 nitrogen and oxygen atoms in total. The maximum absolute atomic E-state index is 13.7. The Balaban J connectivity index is 1.42. The number of carbonyl (C=O) groups is 2. The van der Waals surface area contributed by atoms with E-state index in [0.717, 1.165) is 19.3 Å². The molecule has 2 saturated carbocycles. The second-order valence-electron chi connectivity index (χ2n) is 13.1. The molecule has 1 spiro atoms. The van der Waals surface area contributed by atoms with Gasteiger partial charge in [-0.1, -0.05) is 19.9 Å². The topological polar surface area (TPSA) is 182 Å². The molecule has 3 fully saturated rings. The zero-order valence-corrected chi connectivity index (χ0v) is 25.9. The minimum Gasteiger partial charge on any atom is -0.462 e. The third kappa shape index (κ3) is 5.49. The SMILES string of the molecule is CCOC(=O)C(=C1C=C(C(CC2C3(CCC4[C@]2(C)CC[C@@H](O)[C@@]4(C)CO)CO3)Nc2ccccn2)C(=O)O1)c1cnc(N)nc1. The van der Waals surface area contributed by atoms with Crippen molar-refractivity contribution in [1.82, 2.24) is 15.0 Å². The summed E-state index contributed by atoms with van der Waals surface area (Å²) in [6.45, 7) is 6.54. The van der Waals surface area contributed by atoms with Gasteiger partial charge in [0.05, 0.1) is 43.1 Å². The molecule has 2 aliphatic heterocycles. The fourth-order valence-electron chi connectivity index (χ4n) is 8.23. The largest absolute Gasteiger partial charge is 0.462 e. The molecular formula is C33H41N5O7. The van der Waals surface area contributed by atoms with E-state index in [0.29, 0.717) is 36.4 Å². The van der Waals surface area contributed by atoms with Crippen LogP contribution in [0.5, 0.6) is 0 Å². The summed E-state index contributed by atoms with van der Waals surface area (Å²) in [7, 11) is 0. The fourth-order valence-corrected chi connectivity index (χ4v) is 8.23. The molecule has 2 aliphatic carbocycles. The summed E-state index contributed by atoms with van der Waals surface area (Å²) in [5.41, 5.74) is 5.03. The smallest absolute Gasteiger partial charge is 0.342 e. The molecular weight excluding hydrogens is 578 g/mol. The highest BCUT2D eigenvalue weighted by atomic mass is 16.6. The Bertz CT molecular complexity index is 1510. The van der Waals surface area contributed by atoms with Gasteiger partial charge in [0.15, 0.2) is 0 Å². The van der Waals surface area contributed by atoms with Gasteiger partial charge < -0.3 is 35.5 Å². The van der Waals surface area contributed by atoms with Crippen molar-refractivity contribution in [2.75, 3.05) is 30.9 Å². The van der Waals surface area contributed by atoms with Crippen LogP contribution in [0.2, 0.25) is 0 Å². The maximum Gasteiger partial charge on any atom is 0.342 e. The van der Waals surface area contributed by atoms with Crippen LogP contribution < -0.4 is 11.1 Å². The number of aromatic nitrogens is 3. The predicted octanol–water partition coefficient (Wildman–Crippen LogP) is 3.04. The quantitative estimate of drug-likeness (QED) is 0.183. The van der Waals surface area contributed by atoms with Crippen LogP contribution in [-0.2, 0) is 23.8 Å². The van der Waals surface area contributed by atoms with E-state index in [9.17, 15) is 19.8 Å². The Labute approximate surface area is 262 Å². The molecule has 6 rings (SSSR count). The summed E-state index contributed by atoms with van der Waals surface area (Å²) < 4.78 is 17.3. The third-order valence-electron chi connectivity index (χ3n) is 10.7. The monoisotopic (exact) mass is 619 g/mol. The average molecular weight is 620 g/mol. The predicted molar refractivity (Wildman–Crippen MR) is 164 cm³/mol. The number of rotatable bonds is 9. The van der Waals surface area contributed by atoms with Gasteiger partial charge in [0.1, 0.15) is 17.2 Å². The van der Waals surface area contributed by atoms with Crippen molar-refractivity contribution in [2.45, 2.75) is 70.6 Å². The second kappa shape index (κ2) is 11.8. The number of carbonyl (C=O) groups excluding carboxylic acids is 2. The van der Waals surface area contributed by atoms with Crippen molar-refractivity contribution in [1.29, 1.82) is 0 Å². The van der Waals surface area contributed by atoms with E-state index in [4.69, 9.17) is 19.9 Å². The number of fused-ring (bicyclic) bond motifs is 1. The molecule has 0 amide bonds. The Morgan fingerprint density at radius 2 is 1.96 bits per heavy atom. The van der Waals surface area contributed by atoms with Crippen molar-refractivity contribution in [3.8, 4) is 0 Å². The van der Waals surface area contributed by atoms with E-state index in [-0.39, 0.29) is 53.3 Å². The molecule has 2 aromatic heterocycles. The summed E-state index contributed by atoms with van der Waals surface area (Å²) in [4.78, 5) is 39.3. The highest BCUT2D eigenvalue weighted by Crippen LogP contribution is 2.66. The van der Waals surface area contributed by atoms with Gasteiger partial charge in [0, 0.05) is 29.6 Å². The van der Waals surface area contributed by atoms with Gasteiger partial charge in [-0.15, -0.1) is 0 Å². The minimum absolute atomic E-state index is 0.0138. The number of epoxide rings is 1. The van der Waals surface area contributed by atoms with Gasteiger partial charge in [-0.2, -0.15) is 0 Å². The summed E-state index contributed by atoms with van der Waals surface area (Å²) in [6.07, 6.45) is 8.89. The fraction of sp³-hybridized carbons (Fsp3) is 0.545. The molecule has 4 aliphatic rings. The van der Waals surface area contributed by atoms with Crippen LogP contribution in [0.4, 0.5) is 11.8 Å². The van der Waals surface area contributed by atoms with Gasteiger partial charge >= 0.3 is 11.9 Å². The number of aliphatic hydroxyl groups excluding tert-OH is 2. The van der Waals surface area contributed by atoms with Gasteiger partial charge in [-0.25, -0.2) is 24.5 Å². The van der Waals surface area contributed by atoms with Gasteiger partial charge in [0.2, 0.25) is 5.95 Å². The van der Waals surface area contributed by atoms with E-state index in [1.165, 1.54) is 12.4 Å². The summed E-state index contributed by atoms with van der Waals surface area (Å²) >= 11 is 0. The first-order chi connectivity index (χ1) is 21.5. The first-order valence-corrected chi connectivity index (χ1v) is 15.6. The number of nitrogens with two attached hydrogens (primary N) is 1. The van der Waals surface area contributed by atoms with Gasteiger partial charge in [0.25, 0.3) is 0 Å². The number of hydrogen-bond donors (Lipinski definition) is 4. The molecule has 5 N–H and O–H groups in total. The van der Waals surface area contributed by atoms with E-state index in [2.05, 4.69) is 27.2 Å². The van der Waals surface area contributed by atoms with Crippen molar-refractivity contribution in [3.05, 3.63) is 59.8 Å². The lowest BCUT2D eigenvalue weighted by atomic mass is 9.44. The first kappa shape index (κ1) is 31.1. The van der Waals surface area contributed by atoms with Crippen molar-refractivity contribution >= 4 is 29.3 Å². The number of pyridine rings is 1. The lowest BCUT2D eigenvalue weighted by molar-refractivity contribution is -0.177. The number of aliphatic hydroxyl groups is 2. The Kier molecular flexibility index (Phi) is 8.17. The lowest BCUT2D eigenvalue weighted by Crippen LogP contribution is -2.61. The molecule has 1 saturated heterocycles. The lowest BCUT2D eigenvalue weighted by Gasteiger charge is -2.61. The molecule has 45 heavy (non-hydrogen) atoms. The molecule has 0 aromatic carbocycles. The average Bonchev–Trinajstić information content (AvgIpc) is 3.70. The Hall–Kier alpha value is -3.87. The van der Waals surface area contributed by atoms with Crippen molar-refractivity contribution in [3.63, 3.8) is 0 Å². The second-order valence-corrected chi connectivity index (χ2v) is 13.1. The molecule has 12 heteroatoms. The molecule has 7 atom stereocenters. The number of anilines is 2. The van der Waals surface area contributed by atoms with Crippen LogP contribution in [0.25, 0.3) is 5.57 Å². The zero-order chi connectivity index (χ0) is 32.0. The summed E-state index contributed by atoms with van der Waals surface area (Å²) in [5, 5.41) is 25.0. The molecule has 0 bridgehead atoms. The highest BCUT2D eigenvalue weighted by Gasteiger charge is 2.67. The van der Waals surface area contributed by atoms with E-state index >= 15 is 0 Å². The van der Waals surface area contributed by atoms with Gasteiger partial charge in [-0.05, 0) is 74.5 Å². The number of nitrogens with zero attached hydrogens (tertiary/aromatic N) is 3. The Morgan fingerprint density at radius 1 is 1.20 bits per heavy atom. The van der Waals surface area contributed by atoms with E-state index in [1.807, 2.05) is 25.1 Å². The molecule has 240 valence electrons. The molecule has 0 radical (unpaired) electrons. The number of nitrogens with one attached hydrogen (secondary N) is 1. The van der Waals surface area contributed by atoms with Crippen LogP contribution in [0.3, 0.4) is 0 Å². The number of ether oxygens (including phenoxy) is 3. The Morgan fingerprint density at radius 3 is 2.60 bits per heavy atom. The number of cyclic esters (lactones) is 1. The van der Waals surface area contributed by atoms with Crippen LogP contribution in [0.1, 0.15) is 58.4 Å². The minimum atomic E-state index is -0.683. The van der Waals surface area contributed by atoms with Crippen LogP contribution >= 0.6 is 0 Å². The highest BCUT2D eigenvalue weighted by molar-refractivity contribution is 6.18. The molecule has 2 aromatic rings. The molecule has 4 unspecified atom stereocenters. The molecule has 4 heterocycles. The summed E-state index contributed by atoms with van der Waals surface area (Å²) in [5.74, 6) is -0.594. The summed E-state index contributed by atoms with van der Waals surface area (Å²) in [6, 6.07) is 4.94. The van der Waals surface area contributed by atoms with Crippen LogP contribution in [0, 0.1) is 22.7 Å².